The minimum Gasteiger partial charge on any atom is -0.494 e. The molecule has 5 heteroatoms. The van der Waals surface area contributed by atoms with Gasteiger partial charge in [-0.15, -0.1) is 0 Å². The Hall–Kier alpha value is -1.75. The summed E-state index contributed by atoms with van der Waals surface area (Å²) in [5, 5.41) is 0. The van der Waals surface area contributed by atoms with Crippen molar-refractivity contribution in [1.29, 1.82) is 0 Å². The molecule has 1 amide bonds. The molecule has 1 fully saturated rings. The van der Waals surface area contributed by atoms with Crippen LogP contribution in [0.3, 0.4) is 0 Å². The van der Waals surface area contributed by atoms with Crippen LogP contribution in [0.25, 0.3) is 0 Å². The van der Waals surface area contributed by atoms with Crippen molar-refractivity contribution in [2.24, 2.45) is 5.73 Å². The van der Waals surface area contributed by atoms with Crippen molar-refractivity contribution in [1.82, 2.24) is 4.90 Å². The summed E-state index contributed by atoms with van der Waals surface area (Å²) >= 11 is 0. The largest absolute Gasteiger partial charge is 0.494 e. The van der Waals surface area contributed by atoms with Crippen molar-refractivity contribution in [2.45, 2.75) is 25.8 Å². The zero-order chi connectivity index (χ0) is 14.4. The van der Waals surface area contributed by atoms with Gasteiger partial charge in [-0.2, -0.15) is 0 Å². The normalized spacial score (nSPS) is 18.1. The molecule has 1 unspecified atom stereocenters. The van der Waals surface area contributed by atoms with E-state index < -0.39 is 0 Å². The first-order chi connectivity index (χ1) is 9.74. The number of ether oxygens (including phenoxy) is 2. The summed E-state index contributed by atoms with van der Waals surface area (Å²) in [6.45, 7) is 3.94. The molecule has 1 saturated heterocycles. The van der Waals surface area contributed by atoms with E-state index >= 15 is 0 Å². The Morgan fingerprint density at radius 3 is 2.55 bits per heavy atom. The average Bonchev–Trinajstić information content (AvgIpc) is 2.95. The molecule has 110 valence electrons. The lowest BCUT2D eigenvalue weighted by Crippen LogP contribution is -2.42. The topological polar surface area (TPSA) is 64.8 Å². The van der Waals surface area contributed by atoms with E-state index in [2.05, 4.69) is 0 Å². The van der Waals surface area contributed by atoms with Crippen LogP contribution in [0.5, 0.6) is 11.5 Å². The van der Waals surface area contributed by atoms with Crippen LogP contribution < -0.4 is 15.2 Å². The minimum absolute atomic E-state index is 0.00633. The summed E-state index contributed by atoms with van der Waals surface area (Å²) in [6, 6.07) is 7.46. The molecule has 1 aromatic rings. The molecule has 0 saturated carbocycles. The molecule has 0 bridgehead atoms. The molecule has 0 spiro atoms. The van der Waals surface area contributed by atoms with Crippen LogP contribution in [0.2, 0.25) is 0 Å². The lowest BCUT2D eigenvalue weighted by atomic mass is 10.2. The van der Waals surface area contributed by atoms with Crippen LogP contribution in [0.4, 0.5) is 0 Å². The van der Waals surface area contributed by atoms with E-state index in [9.17, 15) is 4.79 Å². The quantitative estimate of drug-likeness (QED) is 0.854. The zero-order valence-electron chi connectivity index (χ0n) is 11.9. The van der Waals surface area contributed by atoms with Crippen molar-refractivity contribution in [3.63, 3.8) is 0 Å². The van der Waals surface area contributed by atoms with Gasteiger partial charge in [0.15, 0.2) is 6.61 Å². The molecule has 0 aromatic heterocycles. The van der Waals surface area contributed by atoms with Crippen LogP contribution in [-0.2, 0) is 4.79 Å². The predicted molar refractivity (Wildman–Crippen MR) is 76.9 cm³/mol. The monoisotopic (exact) mass is 278 g/mol. The Kier molecular flexibility index (Phi) is 5.24. The van der Waals surface area contributed by atoms with E-state index in [1.54, 1.807) is 0 Å². The molecule has 2 N–H and O–H groups in total. The maximum absolute atomic E-state index is 12.1. The second-order valence-electron chi connectivity index (χ2n) is 4.81. The number of nitrogens with zero attached hydrogens (tertiary/aromatic N) is 1. The standard InChI is InChI=1S/C15H22N2O3/c1-2-19-13-5-7-14(8-6-13)20-11-15(18)17-9-3-4-12(17)10-16/h5-8,12H,2-4,9-11,16H2,1H3. The number of benzene rings is 1. The van der Waals surface area contributed by atoms with Gasteiger partial charge in [0.25, 0.3) is 5.91 Å². The number of carbonyl (C=O) groups is 1. The molecular formula is C15H22N2O3. The minimum atomic E-state index is 0.00633. The molecular weight excluding hydrogens is 256 g/mol. The lowest BCUT2D eigenvalue weighted by molar-refractivity contribution is -0.134. The van der Waals surface area contributed by atoms with Gasteiger partial charge in [-0.25, -0.2) is 0 Å². The highest BCUT2D eigenvalue weighted by Gasteiger charge is 2.27. The van der Waals surface area contributed by atoms with Crippen molar-refractivity contribution in [2.75, 3.05) is 26.3 Å². The number of rotatable bonds is 6. The predicted octanol–water partition coefficient (Wildman–Crippen LogP) is 1.41. The molecule has 1 heterocycles. The second-order valence-corrected chi connectivity index (χ2v) is 4.81. The second kappa shape index (κ2) is 7.14. The van der Waals surface area contributed by atoms with E-state index in [-0.39, 0.29) is 18.6 Å². The Bertz CT molecular complexity index is 433. The number of carbonyl (C=O) groups excluding carboxylic acids is 1. The van der Waals surface area contributed by atoms with E-state index in [1.165, 1.54) is 0 Å². The van der Waals surface area contributed by atoms with Crippen LogP contribution in [0, 0.1) is 0 Å². The smallest absolute Gasteiger partial charge is 0.260 e. The first kappa shape index (κ1) is 14.7. The van der Waals surface area contributed by atoms with Crippen LogP contribution in [0.1, 0.15) is 19.8 Å². The summed E-state index contributed by atoms with van der Waals surface area (Å²) in [7, 11) is 0. The molecule has 20 heavy (non-hydrogen) atoms. The van der Waals surface area contributed by atoms with E-state index in [0.29, 0.717) is 18.9 Å². The highest BCUT2D eigenvalue weighted by molar-refractivity contribution is 5.78. The van der Waals surface area contributed by atoms with Crippen molar-refractivity contribution < 1.29 is 14.3 Å². The first-order valence-electron chi connectivity index (χ1n) is 7.09. The average molecular weight is 278 g/mol. The maximum atomic E-state index is 12.1. The summed E-state index contributed by atoms with van der Waals surface area (Å²) in [4.78, 5) is 13.9. The SMILES string of the molecule is CCOc1ccc(OCC(=O)N2CCCC2CN)cc1. The third kappa shape index (κ3) is 3.63. The van der Waals surface area contributed by atoms with Gasteiger partial charge in [0.1, 0.15) is 11.5 Å². The Morgan fingerprint density at radius 2 is 1.95 bits per heavy atom. The van der Waals surface area contributed by atoms with E-state index in [1.807, 2.05) is 36.1 Å². The molecule has 0 radical (unpaired) electrons. The van der Waals surface area contributed by atoms with Gasteiger partial charge in [0.2, 0.25) is 0 Å². The molecule has 5 nitrogen and oxygen atoms in total. The third-order valence-electron chi connectivity index (χ3n) is 3.47. The van der Waals surface area contributed by atoms with Gasteiger partial charge in [0.05, 0.1) is 6.61 Å². The van der Waals surface area contributed by atoms with Crippen molar-refractivity contribution in [3.8, 4) is 11.5 Å². The van der Waals surface area contributed by atoms with Crippen LogP contribution in [-0.4, -0.2) is 43.2 Å². The van der Waals surface area contributed by atoms with Gasteiger partial charge in [0, 0.05) is 19.1 Å². The molecule has 1 atom stereocenters. The van der Waals surface area contributed by atoms with Crippen molar-refractivity contribution in [3.05, 3.63) is 24.3 Å². The van der Waals surface area contributed by atoms with Gasteiger partial charge >= 0.3 is 0 Å². The van der Waals surface area contributed by atoms with Gasteiger partial charge in [-0.1, -0.05) is 0 Å². The number of hydrogen-bond donors (Lipinski definition) is 1. The molecule has 1 aliphatic rings. The van der Waals surface area contributed by atoms with Gasteiger partial charge < -0.3 is 20.1 Å². The molecule has 0 aliphatic carbocycles. The zero-order valence-corrected chi connectivity index (χ0v) is 11.9. The fourth-order valence-electron chi connectivity index (χ4n) is 2.44. The van der Waals surface area contributed by atoms with E-state index in [0.717, 1.165) is 25.1 Å². The summed E-state index contributed by atoms with van der Waals surface area (Å²) in [5.41, 5.74) is 5.67. The van der Waals surface area contributed by atoms with Crippen LogP contribution in [0.15, 0.2) is 24.3 Å². The Labute approximate surface area is 119 Å². The fraction of sp³-hybridized carbons (Fsp3) is 0.533. The molecule has 1 aliphatic heterocycles. The maximum Gasteiger partial charge on any atom is 0.260 e. The number of nitrogens with two attached hydrogens (primary N) is 1. The lowest BCUT2D eigenvalue weighted by Gasteiger charge is -2.23. The number of amides is 1. The highest BCUT2D eigenvalue weighted by atomic mass is 16.5. The van der Waals surface area contributed by atoms with E-state index in [4.69, 9.17) is 15.2 Å². The highest BCUT2D eigenvalue weighted by Crippen LogP contribution is 2.19. The summed E-state index contributed by atoms with van der Waals surface area (Å²) < 4.78 is 10.9. The number of hydrogen-bond acceptors (Lipinski definition) is 4. The summed E-state index contributed by atoms with van der Waals surface area (Å²) in [5.74, 6) is 1.48. The van der Waals surface area contributed by atoms with Crippen molar-refractivity contribution >= 4 is 5.91 Å². The molecule has 1 aromatic carbocycles. The fourth-order valence-corrected chi connectivity index (χ4v) is 2.44. The Balaban J connectivity index is 1.83. The van der Waals surface area contributed by atoms with Gasteiger partial charge in [-0.05, 0) is 44.0 Å². The Morgan fingerprint density at radius 1 is 1.30 bits per heavy atom. The number of likely N-dealkylation sites (tertiary alicyclic amines) is 1. The first-order valence-corrected chi connectivity index (χ1v) is 7.09. The van der Waals surface area contributed by atoms with Gasteiger partial charge in [-0.3, -0.25) is 4.79 Å². The summed E-state index contributed by atoms with van der Waals surface area (Å²) in [6.07, 6.45) is 2.02. The third-order valence-corrected chi connectivity index (χ3v) is 3.47. The van der Waals surface area contributed by atoms with Crippen LogP contribution >= 0.6 is 0 Å². The molecule has 2 rings (SSSR count).